The van der Waals surface area contributed by atoms with Crippen LogP contribution < -0.4 is 10.6 Å². The van der Waals surface area contributed by atoms with Gasteiger partial charge < -0.3 is 10.6 Å². The predicted molar refractivity (Wildman–Crippen MR) is 164 cm³/mol. The van der Waals surface area contributed by atoms with Crippen LogP contribution in [0.25, 0.3) is 16.6 Å². The van der Waals surface area contributed by atoms with Crippen molar-refractivity contribution in [3.63, 3.8) is 0 Å². The highest BCUT2D eigenvalue weighted by Gasteiger charge is 2.54. The van der Waals surface area contributed by atoms with Crippen LogP contribution in [-0.2, 0) is 5.54 Å². The maximum Gasteiger partial charge on any atom is 0.263 e. The number of fused-ring (bicyclic) bond motifs is 1. The van der Waals surface area contributed by atoms with Crippen LogP contribution in [0.5, 0.6) is 0 Å². The molecule has 45 heavy (non-hydrogen) atoms. The fraction of sp³-hybridized carbons (Fsp3) is 0.344. The second kappa shape index (κ2) is 11.2. The molecule has 1 aliphatic carbocycles. The van der Waals surface area contributed by atoms with E-state index in [4.69, 9.17) is 0 Å². The molecule has 3 heterocycles. The summed E-state index contributed by atoms with van der Waals surface area (Å²) in [6.07, 6.45) is 4.16. The van der Waals surface area contributed by atoms with Crippen LogP contribution in [0.3, 0.4) is 0 Å². The van der Waals surface area contributed by atoms with E-state index < -0.39 is 18.0 Å². The van der Waals surface area contributed by atoms with Crippen molar-refractivity contribution in [3.05, 3.63) is 83.3 Å². The van der Waals surface area contributed by atoms with E-state index in [1.54, 1.807) is 29.3 Å². The molecule has 3 aromatic heterocycles. The summed E-state index contributed by atoms with van der Waals surface area (Å²) in [5, 5.41) is 40.2. The number of nitriles is 2. The summed E-state index contributed by atoms with van der Waals surface area (Å²) in [4.78, 5) is 8.71. The first-order valence-corrected chi connectivity index (χ1v) is 14.5. The maximum absolute atomic E-state index is 14.0. The highest BCUT2D eigenvalue weighted by Crippen LogP contribution is 2.48. The van der Waals surface area contributed by atoms with E-state index >= 15 is 0 Å². The van der Waals surface area contributed by atoms with Gasteiger partial charge in [-0.2, -0.15) is 15.6 Å². The van der Waals surface area contributed by atoms with Crippen molar-refractivity contribution in [2.45, 2.75) is 58.5 Å². The minimum Gasteiger partial charge on any atom is -0.383 e. The number of rotatable bonds is 9. The van der Waals surface area contributed by atoms with E-state index in [1.807, 2.05) is 25.1 Å². The maximum atomic E-state index is 14.0. The summed E-state index contributed by atoms with van der Waals surface area (Å²) in [6, 6.07) is 12.8. The minimum atomic E-state index is -2.58. The first kappa shape index (κ1) is 29.6. The van der Waals surface area contributed by atoms with E-state index in [-0.39, 0.29) is 5.41 Å². The van der Waals surface area contributed by atoms with Crippen LogP contribution >= 0.6 is 0 Å². The van der Waals surface area contributed by atoms with Crippen LogP contribution in [0.1, 0.15) is 67.6 Å². The van der Waals surface area contributed by atoms with Crippen molar-refractivity contribution in [3.8, 4) is 17.8 Å². The fourth-order valence-corrected chi connectivity index (χ4v) is 5.41. The lowest BCUT2D eigenvalue weighted by Crippen LogP contribution is -2.26. The molecule has 13 heteroatoms. The van der Waals surface area contributed by atoms with Gasteiger partial charge in [-0.1, -0.05) is 38.1 Å². The highest BCUT2D eigenvalue weighted by molar-refractivity contribution is 6.01. The van der Waals surface area contributed by atoms with Gasteiger partial charge in [-0.15, -0.1) is 5.10 Å². The van der Waals surface area contributed by atoms with Crippen LogP contribution in [0.15, 0.2) is 55.4 Å². The first-order valence-electron chi connectivity index (χ1n) is 14.5. The molecule has 11 nitrogen and oxygen atoms in total. The van der Waals surface area contributed by atoms with Gasteiger partial charge in [0.2, 0.25) is 0 Å². The Kier molecular flexibility index (Phi) is 7.41. The number of nitrogens with zero attached hydrogens (tertiary/aromatic N) is 9. The average Bonchev–Trinajstić information content (AvgIpc) is 3.39. The molecule has 0 unspecified atom stereocenters. The molecular weight excluding hydrogens is 576 g/mol. The van der Waals surface area contributed by atoms with Crippen LogP contribution in [-0.4, -0.2) is 47.7 Å². The molecular formula is C32H31F2N11. The Hall–Kier alpha value is -5.43. The van der Waals surface area contributed by atoms with Gasteiger partial charge >= 0.3 is 0 Å². The molecule has 6 rings (SSSR count). The second-order valence-electron chi connectivity index (χ2n) is 12.5. The lowest BCUT2D eigenvalue weighted by molar-refractivity contribution is 0.0593. The largest absolute Gasteiger partial charge is 0.383 e. The zero-order valence-electron chi connectivity index (χ0n) is 25.3. The molecule has 0 spiro atoms. The predicted octanol–water partition coefficient (Wildman–Crippen LogP) is 5.87. The third-order valence-electron chi connectivity index (χ3n) is 8.07. The van der Waals surface area contributed by atoms with Gasteiger partial charge in [-0.3, -0.25) is 4.98 Å². The Labute approximate surface area is 258 Å². The molecule has 1 atom stereocenters. The Morgan fingerprint density at radius 2 is 1.93 bits per heavy atom. The van der Waals surface area contributed by atoms with Gasteiger partial charge in [0, 0.05) is 18.1 Å². The van der Waals surface area contributed by atoms with Crippen LogP contribution in [0, 0.1) is 35.0 Å². The van der Waals surface area contributed by atoms with E-state index in [9.17, 15) is 19.3 Å². The zero-order chi connectivity index (χ0) is 31.9. The molecule has 0 bridgehead atoms. The quantitative estimate of drug-likeness (QED) is 0.210. The fourth-order valence-electron chi connectivity index (χ4n) is 5.41. The molecule has 228 valence electrons. The third-order valence-corrected chi connectivity index (χ3v) is 8.07. The summed E-state index contributed by atoms with van der Waals surface area (Å²) < 4.78 is 31.0. The minimum absolute atomic E-state index is 0.0864. The molecule has 1 aliphatic rings. The van der Waals surface area contributed by atoms with Gasteiger partial charge in [0.05, 0.1) is 52.0 Å². The lowest BCUT2D eigenvalue weighted by atomic mass is 9.95. The summed E-state index contributed by atoms with van der Waals surface area (Å²) in [6.45, 7) is 8.75. The molecule has 0 aliphatic heterocycles. The van der Waals surface area contributed by atoms with Crippen molar-refractivity contribution >= 4 is 22.3 Å². The van der Waals surface area contributed by atoms with Gasteiger partial charge in [0.15, 0.2) is 0 Å². The molecule has 1 saturated carbocycles. The third kappa shape index (κ3) is 5.53. The summed E-state index contributed by atoms with van der Waals surface area (Å²) >= 11 is 0. The van der Waals surface area contributed by atoms with Crippen LogP contribution in [0.4, 0.5) is 20.2 Å². The van der Waals surface area contributed by atoms with Crippen molar-refractivity contribution in [2.75, 3.05) is 17.2 Å². The van der Waals surface area contributed by atoms with Crippen LogP contribution in [0.2, 0.25) is 0 Å². The normalized spacial score (nSPS) is 14.6. The summed E-state index contributed by atoms with van der Waals surface area (Å²) in [7, 11) is 0. The summed E-state index contributed by atoms with van der Waals surface area (Å²) in [5.74, 6) is 0. The highest BCUT2D eigenvalue weighted by atomic mass is 19.3. The van der Waals surface area contributed by atoms with E-state index in [1.165, 1.54) is 17.2 Å². The Morgan fingerprint density at radius 3 is 2.58 bits per heavy atom. The molecule has 2 aromatic carbocycles. The second-order valence-corrected chi connectivity index (χ2v) is 12.5. The SMILES string of the molecule is Cc1c([C@H](Nc2cc(C#N)cc3c(NCC(C)(C)C)c(C#N)cnc23)c2cn(C3(C(F)F)CC3)nn2)cccc1-n1cncn1. The number of hydrogen-bond donors (Lipinski definition) is 2. The topological polar surface area (TPSA) is 146 Å². The zero-order valence-corrected chi connectivity index (χ0v) is 25.3. The Morgan fingerprint density at radius 1 is 1.13 bits per heavy atom. The molecule has 5 aromatic rings. The number of anilines is 2. The Bertz CT molecular complexity index is 1960. The first-order chi connectivity index (χ1) is 21.5. The molecule has 0 radical (unpaired) electrons. The van der Waals surface area contributed by atoms with Crippen molar-refractivity contribution < 1.29 is 8.78 Å². The number of aromatic nitrogens is 7. The molecule has 2 N–H and O–H groups in total. The number of halogens is 2. The Balaban J connectivity index is 1.52. The van der Waals surface area contributed by atoms with Crippen molar-refractivity contribution in [1.82, 2.24) is 34.7 Å². The van der Waals surface area contributed by atoms with Gasteiger partial charge in [-0.05, 0) is 54.5 Å². The van der Waals surface area contributed by atoms with E-state index in [2.05, 4.69) is 68.9 Å². The molecule has 1 fully saturated rings. The van der Waals surface area contributed by atoms with Gasteiger partial charge in [0.25, 0.3) is 6.43 Å². The summed E-state index contributed by atoms with van der Waals surface area (Å²) in [5.41, 5.74) is 3.69. The van der Waals surface area contributed by atoms with E-state index in [0.29, 0.717) is 58.5 Å². The van der Waals surface area contributed by atoms with Crippen molar-refractivity contribution in [2.24, 2.45) is 5.41 Å². The number of hydrogen-bond acceptors (Lipinski definition) is 9. The number of benzene rings is 2. The molecule has 0 saturated heterocycles. The molecule has 0 amide bonds. The average molecular weight is 608 g/mol. The van der Waals surface area contributed by atoms with Crippen molar-refractivity contribution in [1.29, 1.82) is 10.5 Å². The van der Waals surface area contributed by atoms with Gasteiger partial charge in [0.1, 0.15) is 30.0 Å². The number of nitrogens with one attached hydrogen (secondary N) is 2. The standard InChI is InChI=1S/C32H31F2N11/c1-19-22(6-5-7-26(19)44-18-37-17-40-44)29(25-15-45(43-42-25)32(8-9-32)30(33)34)41-24-11-20(12-35)10-23-27(39-16-31(2,3)4)21(13-36)14-38-28(23)24/h5-7,10-11,14-15,17-18,29-30,41H,8-9,16H2,1-4H3,(H,38,39)/t29-/m0/s1. The monoisotopic (exact) mass is 607 g/mol. The lowest BCUT2D eigenvalue weighted by Gasteiger charge is -2.24. The number of pyridine rings is 1. The van der Waals surface area contributed by atoms with Gasteiger partial charge in [-0.25, -0.2) is 23.1 Å². The number of alkyl halides is 2. The smallest absolute Gasteiger partial charge is 0.263 e. The van der Waals surface area contributed by atoms with E-state index in [0.717, 1.165) is 16.8 Å².